The third kappa shape index (κ3) is 5.36. The third-order valence-corrected chi connectivity index (χ3v) is 8.02. The van der Waals surface area contributed by atoms with Gasteiger partial charge in [0, 0.05) is 25.1 Å². The summed E-state index contributed by atoms with van der Waals surface area (Å²) in [6.45, 7) is 8.30. The molecule has 2 N–H and O–H groups in total. The van der Waals surface area contributed by atoms with Gasteiger partial charge in [0.15, 0.2) is 5.65 Å². The van der Waals surface area contributed by atoms with Crippen LogP contribution in [0.2, 0.25) is 0 Å². The van der Waals surface area contributed by atoms with Crippen molar-refractivity contribution in [2.24, 2.45) is 0 Å². The van der Waals surface area contributed by atoms with E-state index in [0.29, 0.717) is 5.92 Å². The maximum Gasteiger partial charge on any atom is 0.167 e. The number of anilines is 4. The molecule has 0 aliphatic heterocycles. The highest BCUT2D eigenvalue weighted by Gasteiger charge is 2.20. The molecule has 2 heterocycles. The van der Waals surface area contributed by atoms with Crippen LogP contribution in [0.4, 0.5) is 22.9 Å². The number of allylic oxidation sites excluding steroid dienone is 1. The highest BCUT2D eigenvalue weighted by atomic mass is 32.2. The van der Waals surface area contributed by atoms with Crippen molar-refractivity contribution < 1.29 is 0 Å². The number of fused-ring (bicyclic) bond motifs is 1. The summed E-state index contributed by atoms with van der Waals surface area (Å²) >= 11 is 1.72. The first-order valence-corrected chi connectivity index (χ1v) is 13.9. The lowest BCUT2D eigenvalue weighted by Crippen LogP contribution is -2.11. The van der Waals surface area contributed by atoms with Gasteiger partial charge in [0.1, 0.15) is 17.2 Å². The number of aromatic nitrogens is 3. The first kappa shape index (κ1) is 24.9. The predicted octanol–water partition coefficient (Wildman–Crippen LogP) is 7.61. The van der Waals surface area contributed by atoms with Gasteiger partial charge in [0.05, 0.1) is 17.1 Å². The van der Waals surface area contributed by atoms with Crippen LogP contribution < -0.4 is 14.9 Å². The molecule has 1 fully saturated rings. The Morgan fingerprint density at radius 2 is 1.97 bits per heavy atom. The normalized spacial score (nSPS) is 14.4. The molecular formula is C26H37N6PS. The molecule has 182 valence electrons. The minimum Gasteiger partial charge on any atom is -0.352 e. The summed E-state index contributed by atoms with van der Waals surface area (Å²) in [5.74, 6) is 2.34. The molecule has 0 amide bonds. The Morgan fingerprint density at radius 1 is 1.21 bits per heavy atom. The summed E-state index contributed by atoms with van der Waals surface area (Å²) in [5.41, 5.74) is 7.27. The van der Waals surface area contributed by atoms with E-state index in [4.69, 9.17) is 9.97 Å². The van der Waals surface area contributed by atoms with E-state index in [0.717, 1.165) is 52.7 Å². The zero-order chi connectivity index (χ0) is 24.2. The highest BCUT2D eigenvalue weighted by molar-refractivity contribution is 7.99. The number of nitrogens with zero attached hydrogens (tertiary/aromatic N) is 4. The van der Waals surface area contributed by atoms with Crippen molar-refractivity contribution in [2.75, 3.05) is 28.2 Å². The number of hydrogen-bond donors (Lipinski definition) is 2. The zero-order valence-electron chi connectivity index (χ0n) is 20.8. The molecule has 8 heteroatoms. The topological polar surface area (TPSA) is 58.0 Å². The van der Waals surface area contributed by atoms with Gasteiger partial charge in [-0.2, -0.15) is 0 Å². The van der Waals surface area contributed by atoms with Crippen molar-refractivity contribution in [3.8, 4) is 0 Å². The first-order chi connectivity index (χ1) is 16.4. The van der Waals surface area contributed by atoms with Crippen LogP contribution in [-0.2, 0) is 0 Å². The van der Waals surface area contributed by atoms with E-state index < -0.39 is 0 Å². The van der Waals surface area contributed by atoms with Crippen LogP contribution in [0.5, 0.6) is 0 Å². The molecule has 6 nitrogen and oxygen atoms in total. The summed E-state index contributed by atoms with van der Waals surface area (Å²) < 4.78 is 4.18. The highest BCUT2D eigenvalue weighted by Crippen LogP contribution is 2.40. The van der Waals surface area contributed by atoms with E-state index in [1.807, 2.05) is 17.3 Å². The SMILES string of the molecule is C=C(CCC)Nc1cc(Nc2ccc(C3CCCCC3)cc2N(C)SC)c2nc(C)n(P)c2n1. The summed E-state index contributed by atoms with van der Waals surface area (Å²) in [4.78, 5) is 9.62. The second-order valence-corrected chi connectivity index (χ2v) is 10.6. The Bertz CT molecular complexity index is 1170. The van der Waals surface area contributed by atoms with Gasteiger partial charge in [-0.05, 0) is 59.2 Å². The van der Waals surface area contributed by atoms with Crippen molar-refractivity contribution in [2.45, 2.75) is 64.7 Å². The predicted molar refractivity (Wildman–Crippen MR) is 153 cm³/mol. The molecular weight excluding hydrogens is 459 g/mol. The molecule has 0 bridgehead atoms. The van der Waals surface area contributed by atoms with Crippen molar-refractivity contribution in [1.82, 2.24) is 14.3 Å². The molecule has 1 unspecified atom stereocenters. The van der Waals surface area contributed by atoms with Gasteiger partial charge in [0.25, 0.3) is 0 Å². The van der Waals surface area contributed by atoms with Crippen LogP contribution >= 0.6 is 21.3 Å². The van der Waals surface area contributed by atoms with Crippen molar-refractivity contribution in [1.29, 1.82) is 0 Å². The van der Waals surface area contributed by atoms with Crippen LogP contribution in [-0.4, -0.2) is 27.6 Å². The fourth-order valence-corrected chi connectivity index (χ4v) is 5.31. The number of imidazole rings is 1. The quantitative estimate of drug-likeness (QED) is 0.235. The molecule has 0 saturated heterocycles. The van der Waals surface area contributed by atoms with Crippen LogP contribution in [0.15, 0.2) is 36.5 Å². The summed E-state index contributed by atoms with van der Waals surface area (Å²) in [5, 5.41) is 7.09. The van der Waals surface area contributed by atoms with Gasteiger partial charge in [-0.25, -0.2) is 9.97 Å². The Morgan fingerprint density at radius 3 is 2.68 bits per heavy atom. The Balaban J connectivity index is 1.74. The molecule has 0 radical (unpaired) electrons. The average molecular weight is 497 g/mol. The van der Waals surface area contributed by atoms with Gasteiger partial charge < -0.3 is 14.9 Å². The van der Waals surface area contributed by atoms with Crippen molar-refractivity contribution in [3.63, 3.8) is 0 Å². The average Bonchev–Trinajstić information content (AvgIpc) is 3.13. The van der Waals surface area contributed by atoms with Gasteiger partial charge in [-0.1, -0.05) is 57.2 Å². The standard InChI is InChI=1S/C26H37N6PS/c1-6-10-17(2)27-24-16-22(25-26(30-24)32(33)18(3)28-25)29-21-14-13-20(15-23(21)31(4)34-5)19-11-8-7-9-12-19/h13-16,19H,2,6-12,33H2,1,3-5H3,(H2,27,29,30). The van der Waals surface area contributed by atoms with Crippen molar-refractivity contribution >= 4 is 55.4 Å². The molecule has 4 rings (SSSR count). The van der Waals surface area contributed by atoms with Gasteiger partial charge in [0.2, 0.25) is 0 Å². The van der Waals surface area contributed by atoms with E-state index in [1.165, 1.54) is 43.4 Å². The minimum absolute atomic E-state index is 0.667. The Hall–Kier alpha value is -2.24. The molecule has 1 aliphatic carbocycles. The molecule has 3 aromatic rings. The monoisotopic (exact) mass is 496 g/mol. The largest absolute Gasteiger partial charge is 0.352 e. The molecule has 1 saturated carbocycles. The van der Waals surface area contributed by atoms with Crippen LogP contribution in [0, 0.1) is 6.92 Å². The lowest BCUT2D eigenvalue weighted by molar-refractivity contribution is 0.444. The van der Waals surface area contributed by atoms with E-state index in [1.54, 1.807) is 11.9 Å². The fraction of sp³-hybridized carbons (Fsp3) is 0.462. The molecule has 34 heavy (non-hydrogen) atoms. The third-order valence-electron chi connectivity index (χ3n) is 6.66. The fourth-order valence-electron chi connectivity index (χ4n) is 4.72. The van der Waals surface area contributed by atoms with E-state index in [2.05, 4.69) is 69.3 Å². The van der Waals surface area contributed by atoms with Gasteiger partial charge in [-0.15, -0.1) is 0 Å². The molecule has 1 atom stereocenters. The Kier molecular flexibility index (Phi) is 8.05. The van der Waals surface area contributed by atoms with Gasteiger partial charge in [-0.3, -0.25) is 4.34 Å². The number of rotatable bonds is 9. The molecule has 1 aliphatic rings. The van der Waals surface area contributed by atoms with Crippen LogP contribution in [0.25, 0.3) is 11.2 Å². The number of hydrogen-bond acceptors (Lipinski definition) is 6. The zero-order valence-corrected chi connectivity index (χ0v) is 22.8. The number of benzene rings is 1. The molecule has 0 spiro atoms. The number of aryl methyl sites for hydroxylation is 1. The summed E-state index contributed by atoms with van der Waals surface area (Å²) in [6.07, 6.45) is 10.7. The summed E-state index contributed by atoms with van der Waals surface area (Å²) in [6, 6.07) is 8.94. The minimum atomic E-state index is 0.667. The maximum absolute atomic E-state index is 4.82. The van der Waals surface area contributed by atoms with Crippen LogP contribution in [0.1, 0.15) is 69.2 Å². The molecule has 1 aromatic carbocycles. The first-order valence-electron chi connectivity index (χ1n) is 12.2. The molecule has 2 aromatic heterocycles. The lowest BCUT2D eigenvalue weighted by atomic mass is 9.84. The smallest absolute Gasteiger partial charge is 0.167 e. The van der Waals surface area contributed by atoms with Crippen molar-refractivity contribution in [3.05, 3.63) is 47.9 Å². The number of nitrogens with one attached hydrogen (secondary N) is 2. The second-order valence-electron chi connectivity index (χ2n) is 9.15. The van der Waals surface area contributed by atoms with E-state index in [9.17, 15) is 0 Å². The maximum atomic E-state index is 4.82. The van der Waals surface area contributed by atoms with E-state index >= 15 is 0 Å². The van der Waals surface area contributed by atoms with Crippen LogP contribution in [0.3, 0.4) is 0 Å². The van der Waals surface area contributed by atoms with Gasteiger partial charge >= 0.3 is 0 Å². The van der Waals surface area contributed by atoms with E-state index in [-0.39, 0.29) is 0 Å². The number of pyridine rings is 1. The second kappa shape index (κ2) is 11.0. The summed E-state index contributed by atoms with van der Waals surface area (Å²) in [7, 11) is 4.85. The lowest BCUT2D eigenvalue weighted by Gasteiger charge is -2.26. The Labute approximate surface area is 210 Å².